The summed E-state index contributed by atoms with van der Waals surface area (Å²) in [4.78, 5) is 23.6. The molecule has 0 bridgehead atoms. The molecule has 0 radical (unpaired) electrons. The van der Waals surface area contributed by atoms with Crippen LogP contribution in [0.4, 0.5) is 0 Å². The van der Waals surface area contributed by atoms with E-state index in [1.807, 2.05) is 0 Å². The van der Waals surface area contributed by atoms with E-state index >= 15 is 0 Å². The zero-order chi connectivity index (χ0) is 16.1. The summed E-state index contributed by atoms with van der Waals surface area (Å²) in [5, 5.41) is 7.22. The van der Waals surface area contributed by atoms with E-state index in [0.717, 1.165) is 0 Å². The van der Waals surface area contributed by atoms with Crippen LogP contribution in [-0.2, 0) is 28.4 Å². The van der Waals surface area contributed by atoms with E-state index in [1.165, 1.54) is 18.6 Å². The molecule has 0 aromatic carbocycles. The predicted octanol–water partition coefficient (Wildman–Crippen LogP) is 2.80. The van der Waals surface area contributed by atoms with Crippen LogP contribution in [0.15, 0.2) is 23.0 Å². The van der Waals surface area contributed by atoms with E-state index in [-0.39, 0.29) is 25.2 Å². The monoisotopic (exact) mass is 318 g/mol. The Hall–Kier alpha value is -1.43. The number of hydrogen-bond acceptors (Lipinski definition) is 6. The van der Waals surface area contributed by atoms with E-state index in [1.54, 1.807) is 20.8 Å². The molecule has 1 aromatic rings. The average molecular weight is 318 g/mol. The van der Waals surface area contributed by atoms with Gasteiger partial charge in [0.1, 0.15) is 0 Å². The van der Waals surface area contributed by atoms with Gasteiger partial charge in [-0.25, -0.2) is 4.79 Å². The van der Waals surface area contributed by atoms with Crippen molar-refractivity contribution in [2.75, 3.05) is 13.2 Å². The summed E-state index contributed by atoms with van der Waals surface area (Å²) < 4.78 is 28.5. The highest BCUT2D eigenvalue weighted by molar-refractivity contribution is 7.56. The molecular weight excluding hydrogens is 299 g/mol. The van der Waals surface area contributed by atoms with Crippen molar-refractivity contribution in [3.05, 3.63) is 24.2 Å². The van der Waals surface area contributed by atoms with Crippen LogP contribution in [0, 0.1) is 0 Å². The minimum Gasteiger partial charge on any atom is -0.475 e. The van der Waals surface area contributed by atoms with Gasteiger partial charge in [0.05, 0.1) is 25.7 Å². The quantitative estimate of drug-likeness (QED) is 0.551. The summed E-state index contributed by atoms with van der Waals surface area (Å²) in [7, 11) is -4.05. The first kappa shape index (κ1) is 17.6. The summed E-state index contributed by atoms with van der Waals surface area (Å²) in [6.45, 7) is 4.77. The topological polar surface area (TPSA) is 103 Å². The van der Waals surface area contributed by atoms with Gasteiger partial charge in [0, 0.05) is 5.56 Å². The molecule has 0 saturated heterocycles. The summed E-state index contributed by atoms with van der Waals surface area (Å²) in [5.74, 6) is -2.94. The van der Waals surface area contributed by atoms with Gasteiger partial charge in [-0.05, 0) is 26.3 Å². The van der Waals surface area contributed by atoms with Crippen molar-refractivity contribution in [1.82, 2.24) is 0 Å². The standard InChI is InChI=1S/C13H19O7P/c1-4-13(11(14)12(15)16,10-7-8-18-9-10)21(17,19-5-2)20-6-3/h7-9H,4-6H2,1-3H3,(H,15,16). The van der Waals surface area contributed by atoms with Gasteiger partial charge in [-0.15, -0.1) is 0 Å². The van der Waals surface area contributed by atoms with Crippen molar-refractivity contribution in [1.29, 1.82) is 0 Å². The van der Waals surface area contributed by atoms with Gasteiger partial charge in [0.15, 0.2) is 5.16 Å². The van der Waals surface area contributed by atoms with Gasteiger partial charge in [-0.1, -0.05) is 6.92 Å². The Labute approximate surface area is 122 Å². The summed E-state index contributed by atoms with van der Waals surface area (Å²) >= 11 is 0. The van der Waals surface area contributed by atoms with Gasteiger partial charge in [-0.3, -0.25) is 9.36 Å². The van der Waals surface area contributed by atoms with Crippen LogP contribution in [0.3, 0.4) is 0 Å². The molecule has 0 aliphatic heterocycles. The number of Topliss-reactive ketones (excluding diaryl/α,β-unsaturated/α-hetero) is 1. The Kier molecular flexibility index (Phi) is 5.89. The van der Waals surface area contributed by atoms with E-state index in [2.05, 4.69) is 0 Å². The molecule has 0 fully saturated rings. The Balaban J connectivity index is 3.59. The summed E-state index contributed by atoms with van der Waals surface area (Å²) in [6, 6.07) is 1.40. The molecule has 0 amide bonds. The van der Waals surface area contributed by atoms with Crippen LogP contribution in [0.1, 0.15) is 32.8 Å². The van der Waals surface area contributed by atoms with Crippen LogP contribution in [-0.4, -0.2) is 30.1 Å². The summed E-state index contributed by atoms with van der Waals surface area (Å²) in [6.07, 6.45) is 2.40. The largest absolute Gasteiger partial charge is 0.475 e. The van der Waals surface area contributed by atoms with Crippen molar-refractivity contribution in [2.45, 2.75) is 32.3 Å². The fourth-order valence-electron chi connectivity index (χ4n) is 2.25. The molecular formula is C13H19O7P. The second-order valence-electron chi connectivity index (χ2n) is 4.19. The van der Waals surface area contributed by atoms with Gasteiger partial charge >= 0.3 is 13.6 Å². The molecule has 0 saturated carbocycles. The number of ketones is 1. The third-order valence-corrected chi connectivity index (χ3v) is 6.05. The van der Waals surface area contributed by atoms with Gasteiger partial charge in [0.25, 0.3) is 5.78 Å². The average Bonchev–Trinajstić information content (AvgIpc) is 2.94. The maximum Gasteiger partial charge on any atom is 0.373 e. The van der Waals surface area contributed by atoms with E-state index in [0.29, 0.717) is 0 Å². The first-order chi connectivity index (χ1) is 9.89. The lowest BCUT2D eigenvalue weighted by Gasteiger charge is -2.34. The SMILES string of the molecule is CCOP(=O)(OCC)C(CC)(C(=O)C(=O)O)c1ccoc1. The first-order valence-corrected chi connectivity index (χ1v) is 8.13. The number of aliphatic carboxylic acids is 1. The maximum atomic E-state index is 13.1. The third-order valence-electron chi connectivity index (χ3n) is 3.15. The molecule has 21 heavy (non-hydrogen) atoms. The highest BCUT2D eigenvalue weighted by atomic mass is 31.2. The molecule has 1 unspecified atom stereocenters. The molecule has 1 atom stereocenters. The predicted molar refractivity (Wildman–Crippen MR) is 74.2 cm³/mol. The molecule has 118 valence electrons. The van der Waals surface area contributed by atoms with Gasteiger partial charge in [0.2, 0.25) is 0 Å². The second kappa shape index (κ2) is 7.02. The van der Waals surface area contributed by atoms with Crippen molar-refractivity contribution >= 4 is 19.3 Å². The maximum absolute atomic E-state index is 13.1. The fraction of sp³-hybridized carbons (Fsp3) is 0.538. The molecule has 1 aromatic heterocycles. The number of carbonyl (C=O) groups is 2. The van der Waals surface area contributed by atoms with Gasteiger partial charge in [-0.2, -0.15) is 0 Å². The number of rotatable bonds is 9. The molecule has 1 N–H and O–H groups in total. The van der Waals surface area contributed by atoms with Crippen LogP contribution in [0.2, 0.25) is 0 Å². The Morgan fingerprint density at radius 2 is 1.86 bits per heavy atom. The molecule has 1 heterocycles. The number of carbonyl (C=O) groups excluding carboxylic acids is 1. The highest BCUT2D eigenvalue weighted by Gasteiger charge is 2.59. The molecule has 0 aliphatic rings. The summed E-state index contributed by atoms with van der Waals surface area (Å²) in [5.41, 5.74) is 0.169. The van der Waals surface area contributed by atoms with Gasteiger partial charge < -0.3 is 18.6 Å². The number of carboxylic acid groups (broad SMARTS) is 1. The molecule has 8 heteroatoms. The number of hydrogen-bond donors (Lipinski definition) is 1. The van der Waals surface area contributed by atoms with Crippen LogP contribution >= 0.6 is 7.60 Å². The second-order valence-corrected chi connectivity index (χ2v) is 6.47. The molecule has 0 aliphatic carbocycles. The number of carboxylic acids is 1. The lowest BCUT2D eigenvalue weighted by atomic mass is 9.93. The van der Waals surface area contributed by atoms with Crippen LogP contribution in [0.5, 0.6) is 0 Å². The normalized spacial score (nSPS) is 14.6. The van der Waals surface area contributed by atoms with Crippen molar-refractivity contribution in [3.8, 4) is 0 Å². The zero-order valence-electron chi connectivity index (χ0n) is 12.2. The smallest absolute Gasteiger partial charge is 0.373 e. The molecule has 7 nitrogen and oxygen atoms in total. The number of furan rings is 1. The van der Waals surface area contributed by atoms with Crippen molar-refractivity contribution in [2.24, 2.45) is 0 Å². The third kappa shape index (κ3) is 2.95. The van der Waals surface area contributed by atoms with E-state index in [4.69, 9.17) is 18.6 Å². The van der Waals surface area contributed by atoms with E-state index in [9.17, 15) is 14.2 Å². The first-order valence-electron chi connectivity index (χ1n) is 6.59. The minimum absolute atomic E-state index is 0.0176. The minimum atomic E-state index is -4.05. The van der Waals surface area contributed by atoms with Crippen LogP contribution < -0.4 is 0 Å². The lowest BCUT2D eigenvalue weighted by Crippen LogP contribution is -2.41. The fourth-order valence-corrected chi connectivity index (χ4v) is 4.62. The molecule has 1 rings (SSSR count). The Bertz CT molecular complexity index is 527. The zero-order valence-corrected chi connectivity index (χ0v) is 13.1. The highest BCUT2D eigenvalue weighted by Crippen LogP contribution is 2.67. The van der Waals surface area contributed by atoms with Crippen LogP contribution in [0.25, 0.3) is 0 Å². The Morgan fingerprint density at radius 3 is 2.19 bits per heavy atom. The lowest BCUT2D eigenvalue weighted by molar-refractivity contribution is -0.151. The van der Waals surface area contributed by atoms with E-state index < -0.39 is 24.5 Å². The molecule has 0 spiro atoms. The van der Waals surface area contributed by atoms with Crippen molar-refractivity contribution in [3.63, 3.8) is 0 Å². The Morgan fingerprint density at radius 1 is 1.29 bits per heavy atom. The van der Waals surface area contributed by atoms with Crippen molar-refractivity contribution < 1.29 is 32.7 Å².